The maximum absolute atomic E-state index is 10.7. The van der Waals surface area contributed by atoms with Gasteiger partial charge in [0.1, 0.15) is 5.15 Å². The molecule has 1 aromatic rings. The van der Waals surface area contributed by atoms with E-state index >= 15 is 0 Å². The summed E-state index contributed by atoms with van der Waals surface area (Å²) in [6.45, 7) is 5.49. The lowest BCUT2D eigenvalue weighted by atomic mass is 10.1. The summed E-state index contributed by atoms with van der Waals surface area (Å²) in [6.07, 6.45) is 2.71. The minimum absolute atomic E-state index is 0.210. The second kappa shape index (κ2) is 6.09. The number of hydrogen-bond donors (Lipinski definition) is 1. The highest BCUT2D eigenvalue weighted by Gasteiger charge is 2.29. The standard InChI is InChI=1S/C13H17ClN4O2/c1-9(2)11-7-17(13(16-11)8-18(19)20)6-10-3-4-12(14)15-5-10/h3-5,8-9,11,16H,6-7H2,1-2H3/b13-8+/t11-/m0/s1. The highest BCUT2D eigenvalue weighted by atomic mass is 35.5. The lowest BCUT2D eigenvalue weighted by molar-refractivity contribution is -0.404. The van der Waals surface area contributed by atoms with Crippen molar-refractivity contribution < 1.29 is 4.92 Å². The van der Waals surface area contributed by atoms with Crippen LogP contribution in [0.3, 0.4) is 0 Å². The number of rotatable bonds is 4. The first-order valence-corrected chi connectivity index (χ1v) is 6.80. The van der Waals surface area contributed by atoms with E-state index in [1.807, 2.05) is 11.0 Å². The Morgan fingerprint density at radius 2 is 2.40 bits per heavy atom. The number of nitro groups is 1. The van der Waals surface area contributed by atoms with Gasteiger partial charge >= 0.3 is 0 Å². The van der Waals surface area contributed by atoms with E-state index in [0.29, 0.717) is 23.4 Å². The summed E-state index contributed by atoms with van der Waals surface area (Å²) < 4.78 is 0. The van der Waals surface area contributed by atoms with Crippen LogP contribution in [0.2, 0.25) is 5.15 Å². The molecular weight excluding hydrogens is 280 g/mol. The third-order valence-corrected chi connectivity index (χ3v) is 3.51. The lowest BCUT2D eigenvalue weighted by Gasteiger charge is -2.17. The highest BCUT2D eigenvalue weighted by Crippen LogP contribution is 2.20. The molecule has 1 atom stereocenters. The van der Waals surface area contributed by atoms with Gasteiger partial charge in [-0.3, -0.25) is 10.1 Å². The van der Waals surface area contributed by atoms with Gasteiger partial charge < -0.3 is 10.2 Å². The largest absolute Gasteiger partial charge is 0.362 e. The Hall–Kier alpha value is -1.82. The van der Waals surface area contributed by atoms with E-state index in [-0.39, 0.29) is 6.04 Å². The van der Waals surface area contributed by atoms with Crippen molar-refractivity contribution in [3.8, 4) is 0 Å². The molecule has 0 aliphatic carbocycles. The number of hydrogen-bond acceptors (Lipinski definition) is 5. The molecule has 0 amide bonds. The molecule has 2 heterocycles. The van der Waals surface area contributed by atoms with Crippen molar-refractivity contribution in [3.05, 3.63) is 51.2 Å². The van der Waals surface area contributed by atoms with Crippen LogP contribution in [0, 0.1) is 16.0 Å². The molecule has 1 N–H and O–H groups in total. The zero-order valence-corrected chi connectivity index (χ0v) is 12.2. The first kappa shape index (κ1) is 14.6. The van der Waals surface area contributed by atoms with E-state index in [0.717, 1.165) is 18.3 Å². The first-order chi connectivity index (χ1) is 9.45. The fourth-order valence-electron chi connectivity index (χ4n) is 2.13. The van der Waals surface area contributed by atoms with Crippen molar-refractivity contribution >= 4 is 11.6 Å². The first-order valence-electron chi connectivity index (χ1n) is 6.43. The van der Waals surface area contributed by atoms with Crippen LogP contribution in [0.25, 0.3) is 0 Å². The summed E-state index contributed by atoms with van der Waals surface area (Å²) in [4.78, 5) is 16.3. The highest BCUT2D eigenvalue weighted by molar-refractivity contribution is 6.29. The average Bonchev–Trinajstić information content (AvgIpc) is 2.75. The van der Waals surface area contributed by atoms with Crippen molar-refractivity contribution in [1.29, 1.82) is 0 Å². The van der Waals surface area contributed by atoms with Crippen molar-refractivity contribution in [2.24, 2.45) is 5.92 Å². The summed E-state index contributed by atoms with van der Waals surface area (Å²) in [5, 5.41) is 14.3. The van der Waals surface area contributed by atoms with Crippen LogP contribution >= 0.6 is 11.6 Å². The monoisotopic (exact) mass is 296 g/mol. The zero-order valence-electron chi connectivity index (χ0n) is 11.4. The molecule has 6 nitrogen and oxygen atoms in total. The van der Waals surface area contributed by atoms with Crippen LogP contribution in [0.4, 0.5) is 0 Å². The molecule has 1 saturated heterocycles. The fourth-order valence-corrected chi connectivity index (χ4v) is 2.24. The number of pyridine rings is 1. The van der Waals surface area contributed by atoms with Crippen LogP contribution in [0.15, 0.2) is 30.4 Å². The molecule has 0 bridgehead atoms. The second-order valence-corrected chi connectivity index (χ2v) is 5.55. The van der Waals surface area contributed by atoms with Crippen molar-refractivity contribution in [2.75, 3.05) is 6.54 Å². The molecule has 108 valence electrons. The summed E-state index contributed by atoms with van der Waals surface area (Å²) in [7, 11) is 0. The second-order valence-electron chi connectivity index (χ2n) is 5.16. The van der Waals surface area contributed by atoms with Gasteiger partial charge in [0, 0.05) is 25.3 Å². The van der Waals surface area contributed by atoms with E-state index in [1.54, 1.807) is 12.3 Å². The van der Waals surface area contributed by atoms with E-state index < -0.39 is 4.92 Å². The topological polar surface area (TPSA) is 71.3 Å². The van der Waals surface area contributed by atoms with Gasteiger partial charge in [0.25, 0.3) is 6.20 Å². The normalized spacial score (nSPS) is 20.5. The van der Waals surface area contributed by atoms with Crippen LogP contribution in [-0.2, 0) is 6.54 Å². The van der Waals surface area contributed by atoms with Gasteiger partial charge in [0.05, 0.1) is 4.92 Å². The molecule has 0 saturated carbocycles. The Bertz CT molecular complexity index is 516. The predicted molar refractivity (Wildman–Crippen MR) is 76.5 cm³/mol. The minimum Gasteiger partial charge on any atom is -0.362 e. The molecule has 1 aliphatic rings. The van der Waals surface area contributed by atoms with Gasteiger partial charge in [0.15, 0.2) is 5.82 Å². The van der Waals surface area contributed by atoms with Gasteiger partial charge in [-0.25, -0.2) is 4.98 Å². The number of nitrogens with one attached hydrogen (secondary N) is 1. The molecule has 1 aliphatic heterocycles. The predicted octanol–water partition coefficient (Wildman–Crippen LogP) is 2.24. The maximum atomic E-state index is 10.7. The number of aromatic nitrogens is 1. The van der Waals surface area contributed by atoms with Crippen LogP contribution in [-0.4, -0.2) is 27.4 Å². The Morgan fingerprint density at radius 1 is 1.65 bits per heavy atom. The molecule has 0 aromatic carbocycles. The Kier molecular flexibility index (Phi) is 4.44. The number of halogens is 1. The molecule has 2 rings (SSSR count). The van der Waals surface area contributed by atoms with E-state index in [9.17, 15) is 10.1 Å². The number of nitrogens with zero attached hydrogens (tertiary/aromatic N) is 3. The minimum atomic E-state index is -0.432. The molecule has 20 heavy (non-hydrogen) atoms. The smallest absolute Gasteiger partial charge is 0.274 e. The molecule has 7 heteroatoms. The van der Waals surface area contributed by atoms with Gasteiger partial charge in [-0.15, -0.1) is 0 Å². The maximum Gasteiger partial charge on any atom is 0.274 e. The third kappa shape index (κ3) is 3.60. The van der Waals surface area contributed by atoms with Crippen LogP contribution in [0.1, 0.15) is 19.4 Å². The summed E-state index contributed by atoms with van der Waals surface area (Å²) in [6, 6.07) is 3.81. The van der Waals surface area contributed by atoms with Crippen molar-refractivity contribution in [2.45, 2.75) is 26.4 Å². The molecule has 0 spiro atoms. The van der Waals surface area contributed by atoms with E-state index in [2.05, 4.69) is 24.1 Å². The molecule has 0 unspecified atom stereocenters. The van der Waals surface area contributed by atoms with Gasteiger partial charge in [-0.05, 0) is 17.5 Å². The summed E-state index contributed by atoms with van der Waals surface area (Å²) in [5.41, 5.74) is 0.967. The quantitative estimate of drug-likeness (QED) is 0.524. The Morgan fingerprint density at radius 3 is 2.95 bits per heavy atom. The summed E-state index contributed by atoms with van der Waals surface area (Å²) >= 11 is 5.75. The fraction of sp³-hybridized carbons (Fsp3) is 0.462. The van der Waals surface area contributed by atoms with Gasteiger partial charge in [-0.2, -0.15) is 0 Å². The van der Waals surface area contributed by atoms with E-state index in [1.165, 1.54) is 0 Å². The molecule has 1 fully saturated rings. The third-order valence-electron chi connectivity index (χ3n) is 3.29. The lowest BCUT2D eigenvalue weighted by Crippen LogP contribution is -2.28. The SMILES string of the molecule is CC(C)[C@@H]1CN(Cc2ccc(Cl)nc2)/C(=C/[N+](=O)[O-])N1. The Balaban J connectivity index is 2.14. The zero-order chi connectivity index (χ0) is 14.7. The van der Waals surface area contributed by atoms with Crippen molar-refractivity contribution in [1.82, 2.24) is 15.2 Å². The van der Waals surface area contributed by atoms with Crippen molar-refractivity contribution in [3.63, 3.8) is 0 Å². The summed E-state index contributed by atoms with van der Waals surface area (Å²) in [5.74, 6) is 0.946. The average molecular weight is 297 g/mol. The van der Waals surface area contributed by atoms with Crippen LogP contribution in [0.5, 0.6) is 0 Å². The van der Waals surface area contributed by atoms with E-state index in [4.69, 9.17) is 11.6 Å². The molecule has 0 radical (unpaired) electrons. The van der Waals surface area contributed by atoms with Gasteiger partial charge in [-0.1, -0.05) is 31.5 Å². The molecular formula is C13H17ClN4O2. The molecule has 1 aromatic heterocycles. The Labute approximate surface area is 122 Å². The van der Waals surface area contributed by atoms with Crippen LogP contribution < -0.4 is 5.32 Å². The van der Waals surface area contributed by atoms with Gasteiger partial charge in [0.2, 0.25) is 0 Å².